The summed E-state index contributed by atoms with van der Waals surface area (Å²) in [6.45, 7) is 1.83. The van der Waals surface area contributed by atoms with Crippen molar-refractivity contribution in [1.29, 1.82) is 0 Å². The van der Waals surface area contributed by atoms with Crippen LogP contribution < -0.4 is 5.32 Å². The summed E-state index contributed by atoms with van der Waals surface area (Å²) < 4.78 is 5.93. The highest BCUT2D eigenvalue weighted by molar-refractivity contribution is 5.69. The minimum absolute atomic E-state index is 0.173. The van der Waals surface area contributed by atoms with Gasteiger partial charge in [0.15, 0.2) is 0 Å². The van der Waals surface area contributed by atoms with E-state index >= 15 is 0 Å². The number of benzene rings is 1. The number of carbonyl (C=O) groups is 1. The van der Waals surface area contributed by atoms with Crippen LogP contribution in [0.15, 0.2) is 46.9 Å². The third-order valence-corrected chi connectivity index (χ3v) is 5.44. The van der Waals surface area contributed by atoms with Crippen LogP contribution in [0, 0.1) is 5.92 Å². The molecule has 4 rings (SSSR count). The van der Waals surface area contributed by atoms with Crippen LogP contribution in [-0.4, -0.2) is 41.1 Å². The zero-order valence-corrected chi connectivity index (χ0v) is 14.9. The number of furan rings is 1. The largest absolute Gasteiger partial charge is 0.480 e. The second-order valence-electron chi connectivity index (χ2n) is 7.60. The van der Waals surface area contributed by atoms with Gasteiger partial charge in [0.05, 0.1) is 13.1 Å². The predicted molar refractivity (Wildman–Crippen MR) is 99.7 cm³/mol. The van der Waals surface area contributed by atoms with Gasteiger partial charge in [-0.1, -0.05) is 30.3 Å². The maximum atomic E-state index is 11.1. The van der Waals surface area contributed by atoms with Gasteiger partial charge in [-0.05, 0) is 43.7 Å². The minimum Gasteiger partial charge on any atom is -0.480 e. The molecule has 5 heteroatoms. The van der Waals surface area contributed by atoms with E-state index in [9.17, 15) is 4.79 Å². The van der Waals surface area contributed by atoms with E-state index in [0.717, 1.165) is 42.4 Å². The topological polar surface area (TPSA) is 65.7 Å². The van der Waals surface area contributed by atoms with E-state index in [1.807, 2.05) is 42.5 Å². The third kappa shape index (κ3) is 4.34. The summed E-state index contributed by atoms with van der Waals surface area (Å²) in [5.41, 5.74) is 1.09. The highest BCUT2D eigenvalue weighted by Gasteiger charge is 2.36. The SMILES string of the molecule is O=C(O)CN(CC1CC1)C1CC(NCc2ccc(-c3ccccc3)o2)C1. The summed E-state index contributed by atoms with van der Waals surface area (Å²) >= 11 is 0. The molecule has 2 aromatic rings. The van der Waals surface area contributed by atoms with Crippen LogP contribution in [0.5, 0.6) is 0 Å². The molecule has 2 aliphatic rings. The van der Waals surface area contributed by atoms with E-state index in [2.05, 4.69) is 10.2 Å². The summed E-state index contributed by atoms with van der Waals surface area (Å²) in [4.78, 5) is 13.3. The van der Waals surface area contributed by atoms with Gasteiger partial charge in [-0.25, -0.2) is 0 Å². The van der Waals surface area contributed by atoms with Crippen LogP contribution in [0.3, 0.4) is 0 Å². The Morgan fingerprint density at radius 3 is 2.62 bits per heavy atom. The molecule has 0 amide bonds. The van der Waals surface area contributed by atoms with Gasteiger partial charge >= 0.3 is 5.97 Å². The molecule has 2 aliphatic carbocycles. The lowest BCUT2D eigenvalue weighted by atomic mass is 9.85. The Balaban J connectivity index is 1.24. The second-order valence-corrected chi connectivity index (χ2v) is 7.60. The number of aliphatic carboxylic acids is 1. The number of hydrogen-bond acceptors (Lipinski definition) is 4. The van der Waals surface area contributed by atoms with Crippen molar-refractivity contribution in [2.24, 2.45) is 5.92 Å². The number of hydrogen-bond donors (Lipinski definition) is 2. The molecular weight excluding hydrogens is 328 g/mol. The Morgan fingerprint density at radius 1 is 1.15 bits per heavy atom. The normalized spacial score (nSPS) is 22.3. The molecule has 0 radical (unpaired) electrons. The molecule has 0 aliphatic heterocycles. The van der Waals surface area contributed by atoms with E-state index in [-0.39, 0.29) is 6.54 Å². The Morgan fingerprint density at radius 2 is 1.92 bits per heavy atom. The molecule has 0 bridgehead atoms. The van der Waals surface area contributed by atoms with E-state index < -0.39 is 5.97 Å². The van der Waals surface area contributed by atoms with Gasteiger partial charge in [0.25, 0.3) is 0 Å². The molecule has 1 aromatic carbocycles. The molecule has 138 valence electrons. The quantitative estimate of drug-likeness (QED) is 0.723. The average molecular weight is 354 g/mol. The standard InChI is InChI=1S/C21H26N2O3/c24-21(25)14-23(13-15-6-7-15)18-10-17(11-18)22-12-19-8-9-20(26-19)16-4-2-1-3-5-16/h1-5,8-9,15,17-18,22H,6-7,10-14H2,(H,24,25). The van der Waals surface area contributed by atoms with Crippen LogP contribution in [0.1, 0.15) is 31.4 Å². The van der Waals surface area contributed by atoms with Crippen molar-refractivity contribution in [2.45, 2.75) is 44.3 Å². The summed E-state index contributed by atoms with van der Waals surface area (Å²) in [5, 5.41) is 12.7. The molecule has 1 heterocycles. The number of carboxylic acids is 1. The van der Waals surface area contributed by atoms with Crippen LogP contribution >= 0.6 is 0 Å². The number of rotatable bonds is 9. The Kier molecular flexibility index (Phi) is 5.09. The lowest BCUT2D eigenvalue weighted by Gasteiger charge is -2.42. The van der Waals surface area contributed by atoms with Crippen LogP contribution in [0.25, 0.3) is 11.3 Å². The molecule has 2 N–H and O–H groups in total. The zero-order valence-electron chi connectivity index (χ0n) is 14.9. The van der Waals surface area contributed by atoms with Gasteiger partial charge in [0.1, 0.15) is 11.5 Å². The van der Waals surface area contributed by atoms with Gasteiger partial charge in [0.2, 0.25) is 0 Å². The lowest BCUT2D eigenvalue weighted by Crippen LogP contribution is -2.54. The first kappa shape index (κ1) is 17.3. The first-order valence-corrected chi connectivity index (χ1v) is 9.51. The maximum Gasteiger partial charge on any atom is 0.317 e. The first-order valence-electron chi connectivity index (χ1n) is 9.51. The lowest BCUT2D eigenvalue weighted by molar-refractivity contribution is -0.139. The van der Waals surface area contributed by atoms with E-state index in [4.69, 9.17) is 9.52 Å². The minimum atomic E-state index is -0.717. The fourth-order valence-corrected chi connectivity index (χ4v) is 3.68. The van der Waals surface area contributed by atoms with Crippen molar-refractivity contribution in [1.82, 2.24) is 10.2 Å². The molecule has 0 unspecified atom stereocenters. The summed E-state index contributed by atoms with van der Waals surface area (Å²) in [7, 11) is 0. The Bertz CT molecular complexity index is 733. The summed E-state index contributed by atoms with van der Waals surface area (Å²) in [5.74, 6) is 1.84. The predicted octanol–water partition coefficient (Wildman–Crippen LogP) is 3.36. The van der Waals surface area contributed by atoms with E-state index in [0.29, 0.717) is 18.6 Å². The smallest absolute Gasteiger partial charge is 0.317 e. The van der Waals surface area contributed by atoms with Gasteiger partial charge in [-0.15, -0.1) is 0 Å². The van der Waals surface area contributed by atoms with Crippen molar-refractivity contribution in [3.63, 3.8) is 0 Å². The second kappa shape index (κ2) is 7.64. The van der Waals surface area contributed by atoms with Crippen molar-refractivity contribution in [3.05, 3.63) is 48.2 Å². The number of carboxylic acid groups (broad SMARTS) is 1. The van der Waals surface area contributed by atoms with Crippen LogP contribution in [0.2, 0.25) is 0 Å². The van der Waals surface area contributed by atoms with Crippen LogP contribution in [-0.2, 0) is 11.3 Å². The van der Waals surface area contributed by atoms with Gasteiger partial charge in [0, 0.05) is 24.2 Å². The molecule has 2 saturated carbocycles. The fourth-order valence-electron chi connectivity index (χ4n) is 3.68. The van der Waals surface area contributed by atoms with Gasteiger partial charge in [-0.2, -0.15) is 0 Å². The monoisotopic (exact) mass is 354 g/mol. The Labute approximate surface area is 154 Å². The van der Waals surface area contributed by atoms with Gasteiger partial charge in [-0.3, -0.25) is 9.69 Å². The van der Waals surface area contributed by atoms with E-state index in [1.54, 1.807) is 0 Å². The maximum absolute atomic E-state index is 11.1. The molecule has 0 saturated heterocycles. The fraction of sp³-hybridized carbons (Fsp3) is 0.476. The number of nitrogens with one attached hydrogen (secondary N) is 1. The van der Waals surface area contributed by atoms with Crippen molar-refractivity contribution in [3.8, 4) is 11.3 Å². The van der Waals surface area contributed by atoms with Crippen molar-refractivity contribution >= 4 is 5.97 Å². The third-order valence-electron chi connectivity index (χ3n) is 5.44. The molecule has 5 nitrogen and oxygen atoms in total. The number of nitrogens with zero attached hydrogens (tertiary/aromatic N) is 1. The van der Waals surface area contributed by atoms with Crippen molar-refractivity contribution in [2.75, 3.05) is 13.1 Å². The molecule has 26 heavy (non-hydrogen) atoms. The molecule has 0 spiro atoms. The average Bonchev–Trinajstić information content (AvgIpc) is 3.28. The highest BCUT2D eigenvalue weighted by atomic mass is 16.4. The van der Waals surface area contributed by atoms with E-state index in [1.165, 1.54) is 12.8 Å². The van der Waals surface area contributed by atoms with Crippen LogP contribution in [0.4, 0.5) is 0 Å². The summed E-state index contributed by atoms with van der Waals surface area (Å²) in [6, 6.07) is 15.0. The zero-order chi connectivity index (χ0) is 17.9. The van der Waals surface area contributed by atoms with Crippen molar-refractivity contribution < 1.29 is 14.3 Å². The molecular formula is C21H26N2O3. The Hall–Kier alpha value is -2.11. The first-order chi connectivity index (χ1) is 12.7. The summed E-state index contributed by atoms with van der Waals surface area (Å²) in [6.07, 6.45) is 4.55. The molecule has 2 fully saturated rings. The molecule has 1 aromatic heterocycles. The molecule has 0 atom stereocenters. The highest BCUT2D eigenvalue weighted by Crippen LogP contribution is 2.34. The van der Waals surface area contributed by atoms with Gasteiger partial charge < -0.3 is 14.8 Å².